The van der Waals surface area contributed by atoms with Gasteiger partial charge < -0.3 is 10.6 Å². The second-order valence-electron chi connectivity index (χ2n) is 4.88. The molecule has 1 atom stereocenters. The molecule has 0 radical (unpaired) electrons. The number of carbonyl (C=O) groups is 1. The highest BCUT2D eigenvalue weighted by atomic mass is 32.2. The summed E-state index contributed by atoms with van der Waals surface area (Å²) in [6.45, 7) is 0.611. The van der Waals surface area contributed by atoms with Crippen LogP contribution in [0.5, 0.6) is 0 Å². The first-order valence-corrected chi connectivity index (χ1v) is 8.22. The Labute approximate surface area is 117 Å². The third-order valence-electron chi connectivity index (χ3n) is 3.11. The van der Waals surface area contributed by atoms with Crippen LogP contribution in [0.4, 0.5) is 4.39 Å². The van der Waals surface area contributed by atoms with Crippen LogP contribution < -0.4 is 10.6 Å². The van der Waals surface area contributed by atoms with Crippen LogP contribution in [0.2, 0.25) is 0 Å². The van der Waals surface area contributed by atoms with Crippen LogP contribution in [0.1, 0.15) is 12.0 Å². The molecule has 1 fully saturated rings. The van der Waals surface area contributed by atoms with Crippen molar-refractivity contribution in [2.75, 3.05) is 18.1 Å². The standard InChI is InChI=1S/C13H17FN2O3S/c14-11-3-1-2-10(6-11)8-16-13(17)7-12-9-20(18,19)5-4-15-12/h1-3,6,12,15H,4-5,7-9H2,(H,16,17). The second kappa shape index (κ2) is 6.32. The summed E-state index contributed by atoms with van der Waals surface area (Å²) in [6, 6.07) is 5.63. The number of halogens is 1. The minimum absolute atomic E-state index is 0.0135. The topological polar surface area (TPSA) is 75.3 Å². The van der Waals surface area contributed by atoms with E-state index in [4.69, 9.17) is 0 Å². The van der Waals surface area contributed by atoms with E-state index in [9.17, 15) is 17.6 Å². The lowest BCUT2D eigenvalue weighted by Gasteiger charge is -2.23. The van der Waals surface area contributed by atoms with Crippen LogP contribution in [0, 0.1) is 5.82 Å². The number of nitrogens with one attached hydrogen (secondary N) is 2. The maximum atomic E-state index is 13.0. The van der Waals surface area contributed by atoms with Gasteiger partial charge in [-0.15, -0.1) is 0 Å². The summed E-state index contributed by atoms with van der Waals surface area (Å²) in [4.78, 5) is 11.7. The monoisotopic (exact) mass is 300 g/mol. The van der Waals surface area contributed by atoms with Gasteiger partial charge in [-0.1, -0.05) is 12.1 Å². The smallest absolute Gasteiger partial charge is 0.221 e. The van der Waals surface area contributed by atoms with Crippen LogP contribution in [-0.4, -0.2) is 38.4 Å². The highest BCUT2D eigenvalue weighted by Crippen LogP contribution is 2.06. The van der Waals surface area contributed by atoms with Gasteiger partial charge in [0.05, 0.1) is 11.5 Å². The van der Waals surface area contributed by atoms with Gasteiger partial charge in [-0.25, -0.2) is 12.8 Å². The Balaban J connectivity index is 1.81. The van der Waals surface area contributed by atoms with Crippen LogP contribution in [0.3, 0.4) is 0 Å². The molecule has 110 valence electrons. The Morgan fingerprint density at radius 1 is 1.45 bits per heavy atom. The molecule has 2 N–H and O–H groups in total. The van der Waals surface area contributed by atoms with E-state index in [1.165, 1.54) is 12.1 Å². The van der Waals surface area contributed by atoms with Crippen molar-refractivity contribution in [3.05, 3.63) is 35.6 Å². The predicted octanol–water partition coefficient (Wildman–Crippen LogP) is 0.219. The SMILES string of the molecule is O=C(CC1CS(=O)(=O)CCN1)NCc1cccc(F)c1. The van der Waals surface area contributed by atoms with Crippen LogP contribution >= 0.6 is 0 Å². The molecule has 1 saturated heterocycles. The summed E-state index contributed by atoms with van der Waals surface area (Å²) in [5.74, 6) is -0.491. The molecule has 0 aromatic heterocycles. The van der Waals surface area contributed by atoms with Gasteiger partial charge in [0, 0.05) is 25.6 Å². The summed E-state index contributed by atoms with van der Waals surface area (Å²) >= 11 is 0. The van der Waals surface area contributed by atoms with Crippen molar-refractivity contribution in [3.8, 4) is 0 Å². The molecule has 2 rings (SSSR count). The van der Waals surface area contributed by atoms with E-state index in [0.717, 1.165) is 0 Å². The second-order valence-corrected chi connectivity index (χ2v) is 7.10. The molecular formula is C13H17FN2O3S. The molecule has 1 aliphatic rings. The summed E-state index contributed by atoms with van der Waals surface area (Å²) in [5, 5.41) is 5.67. The Morgan fingerprint density at radius 2 is 2.25 bits per heavy atom. The fraction of sp³-hybridized carbons (Fsp3) is 0.462. The number of hydrogen-bond donors (Lipinski definition) is 2. The fourth-order valence-corrected chi connectivity index (χ4v) is 3.59. The van der Waals surface area contributed by atoms with E-state index in [1.54, 1.807) is 12.1 Å². The molecule has 0 aliphatic carbocycles. The van der Waals surface area contributed by atoms with Crippen molar-refractivity contribution in [2.24, 2.45) is 0 Å². The number of carbonyl (C=O) groups excluding carboxylic acids is 1. The molecule has 0 saturated carbocycles. The quantitative estimate of drug-likeness (QED) is 0.834. The fourth-order valence-electron chi connectivity index (χ4n) is 2.14. The lowest BCUT2D eigenvalue weighted by Crippen LogP contribution is -2.47. The summed E-state index contributed by atoms with van der Waals surface area (Å²) < 4.78 is 35.9. The number of rotatable bonds is 4. The number of amides is 1. The highest BCUT2D eigenvalue weighted by Gasteiger charge is 2.25. The van der Waals surface area contributed by atoms with Crippen LogP contribution in [0.15, 0.2) is 24.3 Å². The van der Waals surface area contributed by atoms with Gasteiger partial charge in [-0.3, -0.25) is 4.79 Å². The Kier molecular flexibility index (Phi) is 4.72. The molecule has 7 heteroatoms. The van der Waals surface area contributed by atoms with E-state index < -0.39 is 9.84 Å². The minimum Gasteiger partial charge on any atom is -0.352 e. The number of sulfone groups is 1. The molecule has 1 aromatic carbocycles. The molecule has 0 spiro atoms. The average molecular weight is 300 g/mol. The van der Waals surface area contributed by atoms with Gasteiger partial charge in [0.1, 0.15) is 5.82 Å². The zero-order chi connectivity index (χ0) is 14.6. The molecule has 0 bridgehead atoms. The first-order valence-electron chi connectivity index (χ1n) is 6.39. The van der Waals surface area contributed by atoms with E-state index in [0.29, 0.717) is 12.1 Å². The predicted molar refractivity (Wildman–Crippen MR) is 73.3 cm³/mol. The maximum absolute atomic E-state index is 13.0. The highest BCUT2D eigenvalue weighted by molar-refractivity contribution is 7.91. The third-order valence-corrected chi connectivity index (χ3v) is 4.85. The van der Waals surface area contributed by atoms with Gasteiger partial charge in [-0.05, 0) is 17.7 Å². The van der Waals surface area contributed by atoms with Crippen molar-refractivity contribution in [1.82, 2.24) is 10.6 Å². The molecule has 1 aromatic rings. The first-order chi connectivity index (χ1) is 9.44. The molecular weight excluding hydrogens is 283 g/mol. The average Bonchev–Trinajstić information content (AvgIpc) is 2.35. The Bertz CT molecular complexity index is 589. The lowest BCUT2D eigenvalue weighted by atomic mass is 10.2. The first kappa shape index (κ1) is 14.9. The minimum atomic E-state index is -3.04. The van der Waals surface area contributed by atoms with E-state index in [-0.39, 0.29) is 42.2 Å². The van der Waals surface area contributed by atoms with Crippen LogP contribution in [-0.2, 0) is 21.2 Å². The summed E-state index contributed by atoms with van der Waals surface area (Å²) in [6.07, 6.45) is 0.106. The van der Waals surface area contributed by atoms with Gasteiger partial charge in [0.15, 0.2) is 9.84 Å². The van der Waals surface area contributed by atoms with Gasteiger partial charge >= 0.3 is 0 Å². The summed E-state index contributed by atoms with van der Waals surface area (Å²) in [5.41, 5.74) is 0.669. The molecule has 20 heavy (non-hydrogen) atoms. The van der Waals surface area contributed by atoms with E-state index in [2.05, 4.69) is 10.6 Å². The van der Waals surface area contributed by atoms with Crippen molar-refractivity contribution < 1.29 is 17.6 Å². The molecule has 1 heterocycles. The van der Waals surface area contributed by atoms with Crippen molar-refractivity contribution in [1.29, 1.82) is 0 Å². The number of benzene rings is 1. The maximum Gasteiger partial charge on any atom is 0.221 e. The van der Waals surface area contributed by atoms with Gasteiger partial charge in [0.25, 0.3) is 0 Å². The van der Waals surface area contributed by atoms with Gasteiger partial charge in [-0.2, -0.15) is 0 Å². The molecule has 5 nitrogen and oxygen atoms in total. The molecule has 1 unspecified atom stereocenters. The zero-order valence-electron chi connectivity index (χ0n) is 10.9. The Hall–Kier alpha value is -1.47. The zero-order valence-corrected chi connectivity index (χ0v) is 11.7. The summed E-state index contributed by atoms with van der Waals surface area (Å²) in [7, 11) is -3.04. The molecule has 1 amide bonds. The normalized spacial score (nSPS) is 21.4. The van der Waals surface area contributed by atoms with E-state index in [1.807, 2.05) is 0 Å². The van der Waals surface area contributed by atoms with Crippen LogP contribution in [0.25, 0.3) is 0 Å². The van der Waals surface area contributed by atoms with Gasteiger partial charge in [0.2, 0.25) is 5.91 Å². The van der Waals surface area contributed by atoms with E-state index >= 15 is 0 Å². The Morgan fingerprint density at radius 3 is 2.95 bits per heavy atom. The third kappa shape index (κ3) is 4.57. The van der Waals surface area contributed by atoms with Crippen molar-refractivity contribution >= 4 is 15.7 Å². The van der Waals surface area contributed by atoms with Crippen molar-refractivity contribution in [2.45, 2.75) is 19.0 Å². The number of hydrogen-bond acceptors (Lipinski definition) is 4. The molecule has 1 aliphatic heterocycles. The lowest BCUT2D eigenvalue weighted by molar-refractivity contribution is -0.121. The largest absolute Gasteiger partial charge is 0.352 e. The van der Waals surface area contributed by atoms with Crippen molar-refractivity contribution in [3.63, 3.8) is 0 Å².